The lowest BCUT2D eigenvalue weighted by molar-refractivity contribution is 0.428. The Bertz CT molecular complexity index is 412. The molecule has 1 fully saturated rings. The zero-order valence-electron chi connectivity index (χ0n) is 11.5. The standard InChI is InChI=1S/C14H22N4.HI/c1-12-7-6-8-16-13(12)11-17-14(15)18-9-4-2-3-5-10-18;/h6-8H,2-5,9-11H2,1H3,(H2,15,17);1H. The Kier molecular flexibility index (Phi) is 7.12. The van der Waals surface area contributed by atoms with Gasteiger partial charge in [0, 0.05) is 19.3 Å². The highest BCUT2D eigenvalue weighted by Crippen LogP contribution is 2.10. The van der Waals surface area contributed by atoms with Gasteiger partial charge in [0.05, 0.1) is 12.2 Å². The quantitative estimate of drug-likeness (QED) is 0.492. The molecule has 5 heteroatoms. The zero-order chi connectivity index (χ0) is 12.8. The minimum atomic E-state index is 0. The van der Waals surface area contributed by atoms with Crippen LogP contribution >= 0.6 is 24.0 Å². The average Bonchev–Trinajstić information content (AvgIpc) is 2.66. The van der Waals surface area contributed by atoms with E-state index in [2.05, 4.69) is 27.9 Å². The van der Waals surface area contributed by atoms with Gasteiger partial charge in [-0.1, -0.05) is 18.9 Å². The molecule has 0 amide bonds. The number of hydrogen-bond acceptors (Lipinski definition) is 2. The molecule has 0 atom stereocenters. The maximum atomic E-state index is 6.06. The van der Waals surface area contributed by atoms with Crippen molar-refractivity contribution in [1.82, 2.24) is 9.88 Å². The highest BCUT2D eigenvalue weighted by Gasteiger charge is 2.10. The van der Waals surface area contributed by atoms with Crippen molar-refractivity contribution in [1.29, 1.82) is 0 Å². The van der Waals surface area contributed by atoms with E-state index >= 15 is 0 Å². The van der Waals surface area contributed by atoms with E-state index in [4.69, 9.17) is 5.73 Å². The molecule has 0 unspecified atom stereocenters. The normalized spacial score (nSPS) is 16.7. The molecule has 2 rings (SSSR count). The van der Waals surface area contributed by atoms with Gasteiger partial charge >= 0.3 is 0 Å². The van der Waals surface area contributed by atoms with Gasteiger partial charge in [-0.3, -0.25) is 4.98 Å². The summed E-state index contributed by atoms with van der Waals surface area (Å²) in [6, 6.07) is 4.00. The number of likely N-dealkylation sites (tertiary alicyclic amines) is 1. The second-order valence-corrected chi connectivity index (χ2v) is 4.84. The molecule has 1 aliphatic rings. The smallest absolute Gasteiger partial charge is 0.191 e. The van der Waals surface area contributed by atoms with Crippen LogP contribution in [0.3, 0.4) is 0 Å². The molecule has 2 N–H and O–H groups in total. The van der Waals surface area contributed by atoms with Gasteiger partial charge in [0.25, 0.3) is 0 Å². The zero-order valence-corrected chi connectivity index (χ0v) is 13.8. The third kappa shape index (κ3) is 4.97. The van der Waals surface area contributed by atoms with Crippen molar-refractivity contribution in [2.75, 3.05) is 13.1 Å². The lowest BCUT2D eigenvalue weighted by Crippen LogP contribution is -2.38. The van der Waals surface area contributed by atoms with Crippen LogP contribution in [-0.2, 0) is 6.54 Å². The molecule has 106 valence electrons. The predicted octanol–water partition coefficient (Wildman–Crippen LogP) is 2.70. The van der Waals surface area contributed by atoms with Crippen LogP contribution in [0.2, 0.25) is 0 Å². The molecule has 1 aromatic heterocycles. The Morgan fingerprint density at radius 2 is 2.00 bits per heavy atom. The number of rotatable bonds is 2. The second kappa shape index (κ2) is 8.35. The molecule has 1 aliphatic heterocycles. The van der Waals surface area contributed by atoms with Crippen LogP contribution in [0.15, 0.2) is 23.3 Å². The molecular formula is C14H23IN4. The molecule has 4 nitrogen and oxygen atoms in total. The fourth-order valence-corrected chi connectivity index (χ4v) is 2.24. The highest BCUT2D eigenvalue weighted by molar-refractivity contribution is 14.0. The molecule has 2 heterocycles. The number of pyridine rings is 1. The molecule has 0 bridgehead atoms. The van der Waals surface area contributed by atoms with Crippen molar-refractivity contribution < 1.29 is 0 Å². The fourth-order valence-electron chi connectivity index (χ4n) is 2.24. The molecule has 19 heavy (non-hydrogen) atoms. The van der Waals surface area contributed by atoms with E-state index < -0.39 is 0 Å². The van der Waals surface area contributed by atoms with Gasteiger partial charge in [0.15, 0.2) is 5.96 Å². The SMILES string of the molecule is Cc1cccnc1CN=C(N)N1CCCCCC1.I. The third-order valence-electron chi connectivity index (χ3n) is 3.44. The summed E-state index contributed by atoms with van der Waals surface area (Å²) in [6.07, 6.45) is 6.86. The van der Waals surface area contributed by atoms with Crippen molar-refractivity contribution in [2.24, 2.45) is 10.7 Å². The van der Waals surface area contributed by atoms with Crippen molar-refractivity contribution in [3.05, 3.63) is 29.6 Å². The van der Waals surface area contributed by atoms with Crippen molar-refractivity contribution in [3.8, 4) is 0 Å². The maximum Gasteiger partial charge on any atom is 0.191 e. The van der Waals surface area contributed by atoms with Crippen molar-refractivity contribution in [3.63, 3.8) is 0 Å². The summed E-state index contributed by atoms with van der Waals surface area (Å²) in [5, 5.41) is 0. The number of nitrogens with zero attached hydrogens (tertiary/aromatic N) is 3. The Morgan fingerprint density at radius 1 is 1.32 bits per heavy atom. The first kappa shape index (κ1) is 16.2. The summed E-state index contributed by atoms with van der Waals surface area (Å²) in [5.74, 6) is 0.668. The van der Waals surface area contributed by atoms with Crippen LogP contribution in [0.1, 0.15) is 36.9 Å². The fraction of sp³-hybridized carbons (Fsp3) is 0.571. The molecule has 1 aromatic rings. The number of nitrogens with two attached hydrogens (primary N) is 1. The molecule has 1 saturated heterocycles. The number of halogens is 1. The summed E-state index contributed by atoms with van der Waals surface area (Å²) in [5.41, 5.74) is 8.24. The lowest BCUT2D eigenvalue weighted by atomic mass is 10.2. The van der Waals surface area contributed by atoms with Crippen molar-refractivity contribution >= 4 is 29.9 Å². The first-order valence-electron chi connectivity index (χ1n) is 6.73. The molecule has 0 saturated carbocycles. The summed E-state index contributed by atoms with van der Waals surface area (Å²) in [4.78, 5) is 11.0. The minimum Gasteiger partial charge on any atom is -0.370 e. The van der Waals surface area contributed by atoms with E-state index in [-0.39, 0.29) is 24.0 Å². The lowest BCUT2D eigenvalue weighted by Gasteiger charge is -2.21. The van der Waals surface area contributed by atoms with Gasteiger partial charge in [-0.05, 0) is 31.4 Å². The Balaban J connectivity index is 0.00000180. The second-order valence-electron chi connectivity index (χ2n) is 4.84. The van der Waals surface area contributed by atoms with Crippen LogP contribution in [0.4, 0.5) is 0 Å². The van der Waals surface area contributed by atoms with Crippen LogP contribution < -0.4 is 5.73 Å². The number of aromatic nitrogens is 1. The summed E-state index contributed by atoms with van der Waals surface area (Å²) < 4.78 is 0. The summed E-state index contributed by atoms with van der Waals surface area (Å²) in [6.45, 7) is 4.71. The Labute approximate surface area is 132 Å². The monoisotopic (exact) mass is 374 g/mol. The van der Waals surface area contributed by atoms with Crippen LogP contribution in [0.5, 0.6) is 0 Å². The van der Waals surface area contributed by atoms with E-state index in [1.54, 1.807) is 6.20 Å². The maximum absolute atomic E-state index is 6.06. The average molecular weight is 374 g/mol. The number of hydrogen-bond donors (Lipinski definition) is 1. The Hall–Kier alpha value is -0.850. The van der Waals surface area contributed by atoms with E-state index in [9.17, 15) is 0 Å². The third-order valence-corrected chi connectivity index (χ3v) is 3.44. The number of aliphatic imine (C=N–C) groups is 1. The molecular weight excluding hydrogens is 351 g/mol. The van der Waals surface area contributed by atoms with E-state index in [1.807, 2.05) is 6.07 Å². The Morgan fingerprint density at radius 3 is 2.63 bits per heavy atom. The van der Waals surface area contributed by atoms with Gasteiger partial charge in [0.1, 0.15) is 0 Å². The largest absolute Gasteiger partial charge is 0.370 e. The van der Waals surface area contributed by atoms with Gasteiger partial charge in [0.2, 0.25) is 0 Å². The summed E-state index contributed by atoms with van der Waals surface area (Å²) in [7, 11) is 0. The van der Waals surface area contributed by atoms with Gasteiger partial charge in [-0.15, -0.1) is 24.0 Å². The minimum absolute atomic E-state index is 0. The van der Waals surface area contributed by atoms with Gasteiger partial charge in [-0.25, -0.2) is 4.99 Å². The molecule has 0 spiro atoms. The predicted molar refractivity (Wildman–Crippen MR) is 89.8 cm³/mol. The summed E-state index contributed by atoms with van der Waals surface area (Å²) >= 11 is 0. The highest BCUT2D eigenvalue weighted by atomic mass is 127. The van der Waals surface area contributed by atoms with Gasteiger partial charge in [-0.2, -0.15) is 0 Å². The van der Waals surface area contributed by atoms with Gasteiger partial charge < -0.3 is 10.6 Å². The van der Waals surface area contributed by atoms with E-state index in [0.29, 0.717) is 12.5 Å². The van der Waals surface area contributed by atoms with E-state index in [0.717, 1.165) is 18.8 Å². The van der Waals surface area contributed by atoms with Crippen molar-refractivity contribution in [2.45, 2.75) is 39.2 Å². The number of guanidine groups is 1. The molecule has 0 aliphatic carbocycles. The first-order valence-corrected chi connectivity index (χ1v) is 6.73. The molecule has 0 aromatic carbocycles. The van der Waals surface area contributed by atoms with Crippen LogP contribution in [0, 0.1) is 6.92 Å². The van der Waals surface area contributed by atoms with Crippen LogP contribution in [0.25, 0.3) is 0 Å². The topological polar surface area (TPSA) is 54.5 Å². The van der Waals surface area contributed by atoms with E-state index in [1.165, 1.54) is 31.2 Å². The number of aryl methyl sites for hydroxylation is 1. The van der Waals surface area contributed by atoms with Crippen LogP contribution in [-0.4, -0.2) is 28.9 Å². The first-order chi connectivity index (χ1) is 8.77. The molecule has 0 radical (unpaired) electrons.